The second-order valence-corrected chi connectivity index (χ2v) is 6.25. The van der Waals surface area contributed by atoms with E-state index < -0.39 is 16.6 Å². The Bertz CT molecular complexity index is 862. The van der Waals surface area contributed by atoms with Crippen molar-refractivity contribution in [3.05, 3.63) is 69.5 Å². The Kier molecular flexibility index (Phi) is 5.75. The van der Waals surface area contributed by atoms with Gasteiger partial charge in [-0.25, -0.2) is 9.82 Å². The van der Waals surface area contributed by atoms with Crippen molar-refractivity contribution < 1.29 is 14.1 Å². The van der Waals surface area contributed by atoms with Gasteiger partial charge < -0.3 is 4.90 Å². The number of nitrogens with one attached hydrogen (secondary N) is 1. The summed E-state index contributed by atoms with van der Waals surface area (Å²) in [6.07, 6.45) is 4.70. The first kappa shape index (κ1) is 18.5. The molecule has 27 heavy (non-hydrogen) atoms. The molecule has 0 aliphatic carbocycles. The molecule has 1 aliphatic heterocycles. The molecule has 1 fully saturated rings. The highest BCUT2D eigenvalue weighted by molar-refractivity contribution is 5.95. The van der Waals surface area contributed by atoms with E-state index in [1.54, 1.807) is 6.07 Å². The Morgan fingerprint density at radius 2 is 1.85 bits per heavy atom. The van der Waals surface area contributed by atoms with Crippen LogP contribution in [-0.4, -0.2) is 30.1 Å². The van der Waals surface area contributed by atoms with E-state index in [4.69, 9.17) is 0 Å². The van der Waals surface area contributed by atoms with Gasteiger partial charge >= 0.3 is 0 Å². The third-order valence-corrected chi connectivity index (χ3v) is 4.39. The van der Waals surface area contributed by atoms with Crippen molar-refractivity contribution in [1.29, 1.82) is 0 Å². The highest BCUT2D eigenvalue weighted by Crippen LogP contribution is 2.26. The van der Waals surface area contributed by atoms with Gasteiger partial charge in [-0.3, -0.25) is 14.9 Å². The summed E-state index contributed by atoms with van der Waals surface area (Å²) in [4.78, 5) is 24.8. The predicted molar refractivity (Wildman–Crippen MR) is 101 cm³/mol. The zero-order valence-electron chi connectivity index (χ0n) is 14.6. The average molecular weight is 370 g/mol. The molecule has 1 aliphatic rings. The van der Waals surface area contributed by atoms with Crippen molar-refractivity contribution in [2.24, 2.45) is 5.10 Å². The van der Waals surface area contributed by atoms with Gasteiger partial charge in [-0.05, 0) is 49.6 Å². The van der Waals surface area contributed by atoms with Crippen LogP contribution in [0.25, 0.3) is 0 Å². The monoisotopic (exact) mass is 370 g/mol. The van der Waals surface area contributed by atoms with Gasteiger partial charge in [-0.1, -0.05) is 0 Å². The summed E-state index contributed by atoms with van der Waals surface area (Å²) in [5.41, 5.74) is 4.00. The molecule has 1 N–H and O–H groups in total. The minimum atomic E-state index is -0.490. The van der Waals surface area contributed by atoms with Crippen LogP contribution in [0.1, 0.15) is 35.2 Å². The molecule has 0 spiro atoms. The van der Waals surface area contributed by atoms with Gasteiger partial charge in [0, 0.05) is 42.0 Å². The van der Waals surface area contributed by atoms with Crippen molar-refractivity contribution in [3.8, 4) is 0 Å². The van der Waals surface area contributed by atoms with Crippen molar-refractivity contribution in [1.82, 2.24) is 5.43 Å². The summed E-state index contributed by atoms with van der Waals surface area (Å²) >= 11 is 0. The normalized spacial score (nSPS) is 14.3. The van der Waals surface area contributed by atoms with E-state index in [0.717, 1.165) is 31.6 Å². The third kappa shape index (κ3) is 4.66. The van der Waals surface area contributed by atoms with E-state index in [1.807, 2.05) is 0 Å². The SMILES string of the molecule is O=C(NN=Cc1cc([N+](=O)[O-])ccc1N1CCCCC1)c1ccc(F)cc1. The number of carbonyl (C=O) groups is 1. The van der Waals surface area contributed by atoms with Gasteiger partial charge in [0.2, 0.25) is 0 Å². The van der Waals surface area contributed by atoms with Crippen LogP contribution in [0.2, 0.25) is 0 Å². The lowest BCUT2D eigenvalue weighted by atomic mass is 10.1. The quantitative estimate of drug-likeness (QED) is 0.496. The second kappa shape index (κ2) is 8.39. The standard InChI is InChI=1S/C19H19FN4O3/c20-16-6-4-14(5-7-16)19(25)22-21-13-15-12-17(24(26)27)8-9-18(15)23-10-2-1-3-11-23/h4-9,12-13H,1-3,10-11H2,(H,22,25). The van der Waals surface area contributed by atoms with Crippen LogP contribution >= 0.6 is 0 Å². The van der Waals surface area contributed by atoms with Gasteiger partial charge in [0.25, 0.3) is 11.6 Å². The number of hydrogen-bond acceptors (Lipinski definition) is 5. The molecule has 2 aromatic carbocycles. The number of piperidine rings is 1. The Balaban J connectivity index is 1.79. The van der Waals surface area contributed by atoms with E-state index in [1.165, 1.54) is 49.0 Å². The molecule has 0 bridgehead atoms. The summed E-state index contributed by atoms with van der Waals surface area (Å²) in [6, 6.07) is 9.71. The fourth-order valence-corrected chi connectivity index (χ4v) is 3.01. The molecule has 7 nitrogen and oxygen atoms in total. The Morgan fingerprint density at radius 1 is 1.15 bits per heavy atom. The first-order valence-electron chi connectivity index (χ1n) is 8.67. The van der Waals surface area contributed by atoms with Crippen LogP contribution in [0.4, 0.5) is 15.8 Å². The van der Waals surface area contributed by atoms with Crippen LogP contribution in [0.5, 0.6) is 0 Å². The zero-order chi connectivity index (χ0) is 19.2. The number of anilines is 1. The average Bonchev–Trinajstić information content (AvgIpc) is 2.69. The smallest absolute Gasteiger partial charge is 0.271 e. The lowest BCUT2D eigenvalue weighted by molar-refractivity contribution is -0.384. The highest BCUT2D eigenvalue weighted by Gasteiger charge is 2.17. The summed E-state index contributed by atoms with van der Waals surface area (Å²) in [7, 11) is 0. The van der Waals surface area contributed by atoms with E-state index in [9.17, 15) is 19.3 Å². The van der Waals surface area contributed by atoms with Gasteiger partial charge in [-0.15, -0.1) is 0 Å². The van der Waals surface area contributed by atoms with Crippen LogP contribution in [0.3, 0.4) is 0 Å². The first-order valence-corrected chi connectivity index (χ1v) is 8.67. The fourth-order valence-electron chi connectivity index (χ4n) is 3.01. The molecule has 140 valence electrons. The lowest BCUT2D eigenvalue weighted by Gasteiger charge is -2.29. The topological polar surface area (TPSA) is 87.8 Å². The van der Waals surface area contributed by atoms with Crippen LogP contribution in [0.15, 0.2) is 47.6 Å². The van der Waals surface area contributed by atoms with E-state index in [-0.39, 0.29) is 11.3 Å². The van der Waals surface area contributed by atoms with Crippen LogP contribution < -0.4 is 10.3 Å². The molecule has 3 rings (SSSR count). The van der Waals surface area contributed by atoms with Gasteiger partial charge in [0.15, 0.2) is 0 Å². The maximum absolute atomic E-state index is 12.9. The third-order valence-electron chi connectivity index (χ3n) is 4.39. The summed E-state index contributed by atoms with van der Waals surface area (Å²) in [5.74, 6) is -0.922. The number of hydrogen-bond donors (Lipinski definition) is 1. The first-order chi connectivity index (χ1) is 13.0. The number of rotatable bonds is 5. The Hall–Kier alpha value is -3.29. The van der Waals surface area contributed by atoms with Gasteiger partial charge in [0.05, 0.1) is 11.1 Å². The van der Waals surface area contributed by atoms with Crippen molar-refractivity contribution in [2.75, 3.05) is 18.0 Å². The number of hydrazone groups is 1. The molecule has 1 heterocycles. The van der Waals surface area contributed by atoms with Gasteiger partial charge in [-0.2, -0.15) is 5.10 Å². The number of benzene rings is 2. The van der Waals surface area contributed by atoms with E-state index in [2.05, 4.69) is 15.4 Å². The van der Waals surface area contributed by atoms with E-state index >= 15 is 0 Å². The lowest BCUT2D eigenvalue weighted by Crippen LogP contribution is -2.30. The maximum Gasteiger partial charge on any atom is 0.271 e. The largest absolute Gasteiger partial charge is 0.371 e. The molecular formula is C19H19FN4O3. The summed E-state index contributed by atoms with van der Waals surface area (Å²) < 4.78 is 12.9. The maximum atomic E-state index is 12.9. The molecule has 1 saturated heterocycles. The fraction of sp³-hybridized carbons (Fsp3) is 0.263. The number of nitro groups is 1. The molecule has 0 saturated carbocycles. The molecule has 0 atom stereocenters. The number of halogens is 1. The minimum Gasteiger partial charge on any atom is -0.371 e. The minimum absolute atomic E-state index is 0.0397. The van der Waals surface area contributed by atoms with E-state index in [0.29, 0.717) is 5.56 Å². The molecule has 8 heteroatoms. The molecule has 0 radical (unpaired) electrons. The molecular weight excluding hydrogens is 351 g/mol. The summed E-state index contributed by atoms with van der Waals surface area (Å²) in [5, 5.41) is 15.0. The molecule has 0 unspecified atom stereocenters. The predicted octanol–water partition coefficient (Wildman–Crippen LogP) is 3.49. The number of carbonyl (C=O) groups excluding carboxylic acids is 1. The number of nitro benzene ring substituents is 1. The second-order valence-electron chi connectivity index (χ2n) is 6.25. The van der Waals surface area contributed by atoms with Crippen molar-refractivity contribution in [3.63, 3.8) is 0 Å². The van der Waals surface area contributed by atoms with Gasteiger partial charge in [0.1, 0.15) is 5.82 Å². The van der Waals surface area contributed by atoms with Crippen LogP contribution in [0, 0.1) is 15.9 Å². The molecule has 2 aromatic rings. The number of non-ortho nitro benzene ring substituents is 1. The summed E-state index contributed by atoms with van der Waals surface area (Å²) in [6.45, 7) is 1.75. The Morgan fingerprint density at radius 3 is 2.52 bits per heavy atom. The zero-order valence-corrected chi connectivity index (χ0v) is 14.6. The van der Waals surface area contributed by atoms with Crippen molar-refractivity contribution in [2.45, 2.75) is 19.3 Å². The Labute approximate surface area is 155 Å². The number of amides is 1. The van der Waals surface area contributed by atoms with Crippen molar-refractivity contribution >= 4 is 23.5 Å². The number of nitrogens with zero attached hydrogens (tertiary/aromatic N) is 3. The van der Waals surface area contributed by atoms with Crippen LogP contribution in [-0.2, 0) is 0 Å². The molecule has 0 aromatic heterocycles. The molecule has 1 amide bonds. The highest BCUT2D eigenvalue weighted by atomic mass is 19.1.